The maximum Gasteiger partial charge on any atom is 0.182 e. The van der Waals surface area contributed by atoms with Gasteiger partial charge in [-0.3, -0.25) is 0 Å². The van der Waals surface area contributed by atoms with Crippen molar-refractivity contribution in [3.8, 4) is 0 Å². The fraction of sp³-hybridized carbons (Fsp3) is 0.0714. The molecule has 6 heteroatoms. The van der Waals surface area contributed by atoms with Crippen molar-refractivity contribution in [2.75, 3.05) is 5.32 Å². The molecule has 0 aliphatic rings. The van der Waals surface area contributed by atoms with Gasteiger partial charge in [0, 0.05) is 0 Å². The molecule has 0 amide bonds. The standard InChI is InChI=1S/C14H11N5O/c1-2-6-12-10(4-1)17-18-19(12)8-15-11-5-3-7-13-14(11)16-9-20-13/h1-7,9,15H,8H2. The average Bonchev–Trinajstić information content (AvgIpc) is 3.12. The molecule has 2 aromatic carbocycles. The molecule has 0 atom stereocenters. The average molecular weight is 265 g/mol. The SMILES string of the molecule is c1ccc2c(c1)nnn2CNc1cccc2ocnc12. The molecule has 0 fully saturated rings. The van der Waals surface area contributed by atoms with Gasteiger partial charge in [-0.15, -0.1) is 5.10 Å². The minimum Gasteiger partial charge on any atom is -0.443 e. The fourth-order valence-corrected chi connectivity index (χ4v) is 2.22. The van der Waals surface area contributed by atoms with Gasteiger partial charge in [0.2, 0.25) is 0 Å². The monoisotopic (exact) mass is 265 g/mol. The number of oxazole rings is 1. The summed E-state index contributed by atoms with van der Waals surface area (Å²) in [6.45, 7) is 0.520. The first-order chi connectivity index (χ1) is 9.92. The van der Waals surface area contributed by atoms with Crippen LogP contribution in [0.2, 0.25) is 0 Å². The largest absolute Gasteiger partial charge is 0.443 e. The number of nitrogens with one attached hydrogen (secondary N) is 1. The second kappa shape index (κ2) is 4.34. The van der Waals surface area contributed by atoms with E-state index in [0.717, 1.165) is 27.8 Å². The van der Waals surface area contributed by atoms with Crippen LogP contribution in [0, 0.1) is 0 Å². The van der Waals surface area contributed by atoms with E-state index in [1.807, 2.05) is 47.1 Å². The normalized spacial score (nSPS) is 11.2. The first-order valence-electron chi connectivity index (χ1n) is 6.26. The number of hydrogen-bond donors (Lipinski definition) is 1. The highest BCUT2D eigenvalue weighted by Gasteiger charge is 2.06. The van der Waals surface area contributed by atoms with E-state index in [0.29, 0.717) is 6.67 Å². The summed E-state index contributed by atoms with van der Waals surface area (Å²) < 4.78 is 7.09. The molecule has 0 aliphatic carbocycles. The quantitative estimate of drug-likeness (QED) is 0.616. The van der Waals surface area contributed by atoms with Crippen molar-refractivity contribution >= 4 is 27.8 Å². The first-order valence-corrected chi connectivity index (χ1v) is 6.26. The van der Waals surface area contributed by atoms with Crippen molar-refractivity contribution < 1.29 is 4.42 Å². The zero-order valence-corrected chi connectivity index (χ0v) is 10.5. The third kappa shape index (κ3) is 1.70. The lowest BCUT2D eigenvalue weighted by atomic mass is 10.3. The van der Waals surface area contributed by atoms with Crippen molar-refractivity contribution in [3.63, 3.8) is 0 Å². The summed E-state index contributed by atoms with van der Waals surface area (Å²) in [5, 5.41) is 11.6. The zero-order valence-electron chi connectivity index (χ0n) is 10.5. The Bertz CT molecular complexity index is 879. The second-order valence-corrected chi connectivity index (χ2v) is 4.42. The summed E-state index contributed by atoms with van der Waals surface area (Å²) in [5.41, 5.74) is 4.37. The maximum absolute atomic E-state index is 5.28. The van der Waals surface area contributed by atoms with Crippen LogP contribution in [0.5, 0.6) is 0 Å². The van der Waals surface area contributed by atoms with Crippen molar-refractivity contribution in [2.45, 2.75) is 6.67 Å². The Morgan fingerprint density at radius 1 is 1.10 bits per heavy atom. The van der Waals surface area contributed by atoms with Crippen LogP contribution < -0.4 is 5.32 Å². The van der Waals surface area contributed by atoms with E-state index < -0.39 is 0 Å². The Labute approximate surface area is 114 Å². The summed E-state index contributed by atoms with van der Waals surface area (Å²) >= 11 is 0. The minimum atomic E-state index is 0.520. The summed E-state index contributed by atoms with van der Waals surface area (Å²) in [7, 11) is 0. The third-order valence-corrected chi connectivity index (χ3v) is 3.20. The van der Waals surface area contributed by atoms with Crippen molar-refractivity contribution in [2.24, 2.45) is 0 Å². The number of hydrogen-bond acceptors (Lipinski definition) is 5. The summed E-state index contributed by atoms with van der Waals surface area (Å²) in [6.07, 6.45) is 1.45. The van der Waals surface area contributed by atoms with Crippen LogP contribution in [0.15, 0.2) is 53.3 Å². The topological polar surface area (TPSA) is 68.8 Å². The Kier molecular flexibility index (Phi) is 2.38. The molecule has 0 radical (unpaired) electrons. The second-order valence-electron chi connectivity index (χ2n) is 4.42. The molecule has 0 aliphatic heterocycles. The van der Waals surface area contributed by atoms with Crippen LogP contribution in [0.25, 0.3) is 22.1 Å². The Hall–Kier alpha value is -2.89. The number of benzene rings is 2. The molecular formula is C14H11N5O. The third-order valence-electron chi connectivity index (χ3n) is 3.20. The predicted molar refractivity (Wildman–Crippen MR) is 75.2 cm³/mol. The van der Waals surface area contributed by atoms with Gasteiger partial charge in [-0.25, -0.2) is 9.67 Å². The van der Waals surface area contributed by atoms with Crippen LogP contribution in [-0.2, 0) is 6.67 Å². The molecule has 0 unspecified atom stereocenters. The van der Waals surface area contributed by atoms with Crippen molar-refractivity contribution in [3.05, 3.63) is 48.9 Å². The molecule has 0 saturated heterocycles. The lowest BCUT2D eigenvalue weighted by Crippen LogP contribution is -2.09. The summed E-state index contributed by atoms with van der Waals surface area (Å²) in [6, 6.07) is 13.6. The fourth-order valence-electron chi connectivity index (χ4n) is 2.22. The Balaban J connectivity index is 1.66. The molecule has 20 heavy (non-hydrogen) atoms. The summed E-state index contributed by atoms with van der Waals surface area (Å²) in [5.74, 6) is 0. The molecule has 1 N–H and O–H groups in total. The molecule has 0 saturated carbocycles. The van der Waals surface area contributed by atoms with Crippen LogP contribution in [0.1, 0.15) is 0 Å². The highest BCUT2D eigenvalue weighted by Crippen LogP contribution is 2.21. The lowest BCUT2D eigenvalue weighted by molar-refractivity contribution is 0.602. The van der Waals surface area contributed by atoms with Gasteiger partial charge in [0.15, 0.2) is 12.0 Å². The molecule has 98 valence electrons. The summed E-state index contributed by atoms with van der Waals surface area (Å²) in [4.78, 5) is 4.21. The van der Waals surface area contributed by atoms with Gasteiger partial charge >= 0.3 is 0 Å². The van der Waals surface area contributed by atoms with Gasteiger partial charge in [0.25, 0.3) is 0 Å². The molecule has 4 aromatic rings. The predicted octanol–water partition coefficient (Wildman–Crippen LogP) is 2.64. The van der Waals surface area contributed by atoms with Crippen LogP contribution in [0.3, 0.4) is 0 Å². The molecule has 2 heterocycles. The molecule has 6 nitrogen and oxygen atoms in total. The number of rotatable bonds is 3. The number of para-hydroxylation sites is 2. The number of aromatic nitrogens is 4. The highest BCUT2D eigenvalue weighted by atomic mass is 16.3. The lowest BCUT2D eigenvalue weighted by Gasteiger charge is -2.07. The molecule has 0 spiro atoms. The Morgan fingerprint density at radius 3 is 3.05 bits per heavy atom. The van der Waals surface area contributed by atoms with Gasteiger partial charge in [-0.2, -0.15) is 0 Å². The molecule has 2 aromatic heterocycles. The van der Waals surface area contributed by atoms with E-state index in [4.69, 9.17) is 4.42 Å². The van der Waals surface area contributed by atoms with Gasteiger partial charge in [0.05, 0.1) is 11.2 Å². The smallest absolute Gasteiger partial charge is 0.182 e. The first kappa shape index (κ1) is 11.0. The van der Waals surface area contributed by atoms with Crippen LogP contribution in [0.4, 0.5) is 5.69 Å². The van der Waals surface area contributed by atoms with Gasteiger partial charge < -0.3 is 9.73 Å². The maximum atomic E-state index is 5.28. The van der Waals surface area contributed by atoms with Crippen molar-refractivity contribution in [1.82, 2.24) is 20.0 Å². The zero-order chi connectivity index (χ0) is 13.4. The van der Waals surface area contributed by atoms with Gasteiger partial charge in [-0.1, -0.05) is 23.4 Å². The molecular weight excluding hydrogens is 254 g/mol. The number of nitrogens with zero attached hydrogens (tertiary/aromatic N) is 4. The highest BCUT2D eigenvalue weighted by molar-refractivity contribution is 5.86. The van der Waals surface area contributed by atoms with Crippen LogP contribution in [-0.4, -0.2) is 20.0 Å². The van der Waals surface area contributed by atoms with E-state index in [2.05, 4.69) is 20.6 Å². The van der Waals surface area contributed by atoms with Gasteiger partial charge in [0.1, 0.15) is 17.7 Å². The molecule has 0 bridgehead atoms. The number of anilines is 1. The van der Waals surface area contributed by atoms with Crippen LogP contribution >= 0.6 is 0 Å². The van der Waals surface area contributed by atoms with Crippen molar-refractivity contribution in [1.29, 1.82) is 0 Å². The van der Waals surface area contributed by atoms with E-state index in [-0.39, 0.29) is 0 Å². The number of fused-ring (bicyclic) bond motifs is 2. The van der Waals surface area contributed by atoms with E-state index in [1.165, 1.54) is 6.39 Å². The van der Waals surface area contributed by atoms with Gasteiger partial charge in [-0.05, 0) is 24.3 Å². The van der Waals surface area contributed by atoms with E-state index in [1.54, 1.807) is 0 Å². The Morgan fingerprint density at radius 2 is 2.05 bits per heavy atom. The van der Waals surface area contributed by atoms with E-state index in [9.17, 15) is 0 Å². The molecule has 4 rings (SSSR count). The van der Waals surface area contributed by atoms with E-state index >= 15 is 0 Å². The minimum absolute atomic E-state index is 0.520.